The summed E-state index contributed by atoms with van der Waals surface area (Å²) in [4.78, 5) is 7.49. The molecule has 0 N–H and O–H groups in total. The van der Waals surface area contributed by atoms with E-state index in [-0.39, 0.29) is 11.1 Å². The second-order valence-corrected chi connectivity index (χ2v) is 10.2. The average Bonchev–Trinajstić information content (AvgIpc) is 3.53. The van der Waals surface area contributed by atoms with Gasteiger partial charge in [-0.1, -0.05) is 24.3 Å². The highest BCUT2D eigenvalue weighted by Gasteiger charge is 2.34. The lowest BCUT2D eigenvalue weighted by Crippen LogP contribution is -1.91. The largest absolute Gasteiger partial charge is 0.228 e. The molecule has 2 aliphatic rings. The first kappa shape index (κ1) is 26.2. The van der Waals surface area contributed by atoms with Gasteiger partial charge in [-0.15, -0.1) is 0 Å². The molecule has 2 aromatic heterocycles. The maximum atomic E-state index is 13.5. The topological polar surface area (TPSA) is 121 Å². The molecule has 2 aliphatic carbocycles. The van der Waals surface area contributed by atoms with Gasteiger partial charge in [-0.2, -0.15) is 29.8 Å². The molecule has 8 heteroatoms. The molecule has 0 saturated heterocycles. The summed E-state index contributed by atoms with van der Waals surface area (Å²) >= 11 is 0. The molecule has 7 rings (SSSR count). The van der Waals surface area contributed by atoms with Gasteiger partial charge in [0.25, 0.3) is 0 Å². The van der Waals surface area contributed by atoms with Crippen LogP contribution in [0.5, 0.6) is 0 Å². The average molecular weight is 569 g/mol. The number of pyridine rings is 2. The van der Waals surface area contributed by atoms with Crippen LogP contribution in [0.1, 0.15) is 22.3 Å². The molecule has 0 amide bonds. The molecule has 0 radical (unpaired) electrons. The van der Waals surface area contributed by atoms with Crippen LogP contribution in [0, 0.1) is 57.2 Å². The van der Waals surface area contributed by atoms with Crippen molar-refractivity contribution < 1.29 is 8.78 Å². The molecule has 5 aromatic rings. The van der Waals surface area contributed by atoms with E-state index in [9.17, 15) is 29.8 Å². The molecule has 0 unspecified atom stereocenters. The van der Waals surface area contributed by atoms with E-state index in [0.29, 0.717) is 44.5 Å². The summed E-state index contributed by atoms with van der Waals surface area (Å²) in [5, 5.41) is 39.8. The van der Waals surface area contributed by atoms with Gasteiger partial charge >= 0.3 is 0 Å². The number of aromatic nitrogens is 2. The van der Waals surface area contributed by atoms with E-state index in [1.54, 1.807) is 12.1 Å². The number of fused-ring (bicyclic) bond motifs is 6. The lowest BCUT2D eigenvalue weighted by Gasteiger charge is -2.08. The first-order valence-electron chi connectivity index (χ1n) is 13.3. The van der Waals surface area contributed by atoms with Gasteiger partial charge < -0.3 is 0 Å². The molecular weight excluding hydrogens is 554 g/mol. The molecule has 2 heterocycles. The van der Waals surface area contributed by atoms with Gasteiger partial charge in [-0.05, 0) is 104 Å². The smallest absolute Gasteiger partial charge is 0.212 e. The van der Waals surface area contributed by atoms with Gasteiger partial charge in [0.1, 0.15) is 35.4 Å². The van der Waals surface area contributed by atoms with Crippen LogP contribution in [0.2, 0.25) is 0 Å². The normalized spacial score (nSPS) is 11.7. The Labute approximate surface area is 250 Å². The van der Waals surface area contributed by atoms with E-state index >= 15 is 0 Å². The van der Waals surface area contributed by atoms with Crippen LogP contribution < -0.4 is 0 Å². The first-order chi connectivity index (χ1) is 21.4. The van der Waals surface area contributed by atoms with Crippen molar-refractivity contribution in [3.8, 4) is 68.8 Å². The maximum Gasteiger partial charge on any atom is 0.212 e. The zero-order valence-electron chi connectivity index (χ0n) is 22.5. The molecule has 44 heavy (non-hydrogen) atoms. The highest BCUT2D eigenvalue weighted by atomic mass is 19.1. The standard InChI is InChI=1S/C36H14F2N6/c37-33-7-3-21(17-43-33)19-1-5-25-27-11-32-28(12-31(27)35(29(25)9-19)23(13-39)14-40)26-6-2-20(22-4-8-34(38)44-18-22)10-30(26)36(32)24(15-41)16-42/h1-12,17-18H. The van der Waals surface area contributed by atoms with Gasteiger partial charge in [-0.3, -0.25) is 0 Å². The molecule has 3 aromatic carbocycles. The van der Waals surface area contributed by atoms with Crippen LogP contribution in [-0.4, -0.2) is 9.97 Å². The van der Waals surface area contributed by atoms with Gasteiger partial charge in [0, 0.05) is 34.7 Å². The van der Waals surface area contributed by atoms with E-state index in [4.69, 9.17) is 0 Å². The molecular formula is C36H14F2N6. The fourth-order valence-electron chi connectivity index (χ4n) is 5.99. The Bertz CT molecular complexity index is 2120. The lowest BCUT2D eigenvalue weighted by atomic mass is 9.93. The van der Waals surface area contributed by atoms with Crippen molar-refractivity contribution in [3.05, 3.63) is 130 Å². The molecule has 0 bridgehead atoms. The lowest BCUT2D eigenvalue weighted by molar-refractivity contribution is 0.583. The van der Waals surface area contributed by atoms with Crippen LogP contribution in [0.4, 0.5) is 8.78 Å². The fourth-order valence-corrected chi connectivity index (χ4v) is 5.99. The highest BCUT2D eigenvalue weighted by molar-refractivity contribution is 6.11. The zero-order valence-corrected chi connectivity index (χ0v) is 22.5. The second-order valence-electron chi connectivity index (χ2n) is 10.2. The van der Waals surface area contributed by atoms with Crippen molar-refractivity contribution in [1.82, 2.24) is 9.97 Å². The van der Waals surface area contributed by atoms with Gasteiger partial charge in [0.2, 0.25) is 11.9 Å². The summed E-state index contributed by atoms with van der Waals surface area (Å²) in [6, 6.07) is 28.8. The van der Waals surface area contributed by atoms with Crippen molar-refractivity contribution in [2.45, 2.75) is 0 Å². The van der Waals surface area contributed by atoms with Crippen molar-refractivity contribution in [2.24, 2.45) is 0 Å². The van der Waals surface area contributed by atoms with Gasteiger partial charge in [0.05, 0.1) is 0 Å². The van der Waals surface area contributed by atoms with Crippen LogP contribution >= 0.6 is 0 Å². The van der Waals surface area contributed by atoms with Crippen molar-refractivity contribution in [3.63, 3.8) is 0 Å². The Balaban J connectivity index is 1.48. The molecule has 6 nitrogen and oxygen atoms in total. The van der Waals surface area contributed by atoms with Gasteiger partial charge in [0.15, 0.2) is 0 Å². The summed E-state index contributed by atoms with van der Waals surface area (Å²) in [5.41, 5.74) is 9.27. The summed E-state index contributed by atoms with van der Waals surface area (Å²) in [6.45, 7) is 0. The molecule has 202 valence electrons. The third kappa shape index (κ3) is 3.88. The van der Waals surface area contributed by atoms with Crippen molar-refractivity contribution in [2.75, 3.05) is 0 Å². The Kier molecular flexibility index (Phi) is 5.93. The highest BCUT2D eigenvalue weighted by Crippen LogP contribution is 2.54. The predicted molar refractivity (Wildman–Crippen MR) is 158 cm³/mol. The summed E-state index contributed by atoms with van der Waals surface area (Å²) in [6.07, 6.45) is 2.84. The quantitative estimate of drug-likeness (QED) is 0.155. The minimum atomic E-state index is -0.603. The molecule has 0 spiro atoms. The Morgan fingerprint density at radius 3 is 1.14 bits per heavy atom. The summed E-state index contributed by atoms with van der Waals surface area (Å²) in [7, 11) is 0. The number of nitriles is 4. The Morgan fingerprint density at radius 2 is 0.795 bits per heavy atom. The third-order valence-electron chi connectivity index (χ3n) is 7.92. The van der Waals surface area contributed by atoms with Crippen molar-refractivity contribution in [1.29, 1.82) is 21.0 Å². The minimum Gasteiger partial charge on any atom is -0.228 e. The third-order valence-corrected chi connectivity index (χ3v) is 7.92. The van der Waals surface area contributed by atoms with E-state index in [0.717, 1.165) is 33.4 Å². The Hall–Kier alpha value is -6.74. The van der Waals surface area contributed by atoms with Crippen LogP contribution in [0.15, 0.2) is 96.3 Å². The number of hydrogen-bond donors (Lipinski definition) is 0. The number of nitrogens with zero attached hydrogens (tertiary/aromatic N) is 6. The summed E-state index contributed by atoms with van der Waals surface area (Å²) in [5.74, 6) is -1.21. The van der Waals surface area contributed by atoms with Crippen LogP contribution in [-0.2, 0) is 0 Å². The minimum absolute atomic E-state index is 0.0674. The first-order valence-corrected chi connectivity index (χ1v) is 13.3. The Morgan fingerprint density at radius 1 is 0.432 bits per heavy atom. The molecule has 0 saturated carbocycles. The second kappa shape index (κ2) is 9.97. The zero-order chi connectivity index (χ0) is 30.5. The molecule has 0 atom stereocenters. The van der Waals surface area contributed by atoms with Crippen LogP contribution in [0.3, 0.4) is 0 Å². The number of benzene rings is 3. The molecule has 0 fully saturated rings. The summed E-state index contributed by atoms with van der Waals surface area (Å²) < 4.78 is 27.0. The predicted octanol–water partition coefficient (Wildman–Crippen LogP) is 7.75. The molecule has 0 aliphatic heterocycles. The van der Waals surface area contributed by atoms with Crippen molar-refractivity contribution >= 4 is 11.1 Å². The van der Waals surface area contributed by atoms with E-state index in [1.807, 2.05) is 72.8 Å². The number of halogens is 2. The monoisotopic (exact) mass is 568 g/mol. The number of hydrogen-bond acceptors (Lipinski definition) is 6. The van der Waals surface area contributed by atoms with E-state index in [1.165, 1.54) is 24.5 Å². The van der Waals surface area contributed by atoms with E-state index < -0.39 is 11.9 Å². The van der Waals surface area contributed by atoms with E-state index in [2.05, 4.69) is 9.97 Å². The maximum absolute atomic E-state index is 13.5. The number of allylic oxidation sites excluding steroid dienone is 2. The SMILES string of the molecule is N#CC(C#N)=C1c2cc(-c3ccc(F)nc3)ccc2-c2cc3c(cc21)-c1ccc(-c2ccc(F)nc2)cc1C3=C(C#N)C#N. The van der Waals surface area contributed by atoms with Gasteiger partial charge in [-0.25, -0.2) is 9.97 Å². The number of rotatable bonds is 2. The fraction of sp³-hybridized carbons (Fsp3) is 0. The van der Waals surface area contributed by atoms with Crippen LogP contribution in [0.25, 0.3) is 55.7 Å².